The van der Waals surface area contributed by atoms with E-state index in [0.717, 1.165) is 17.7 Å². The lowest BCUT2D eigenvalue weighted by Crippen LogP contribution is -2.08. The van der Waals surface area contributed by atoms with Crippen LogP contribution < -0.4 is 14.2 Å². The third kappa shape index (κ3) is 6.25. The van der Waals surface area contributed by atoms with Gasteiger partial charge in [-0.05, 0) is 32.1 Å². The first-order valence-corrected chi connectivity index (χ1v) is 6.89. The molecule has 124 valence electrons. The highest BCUT2D eigenvalue weighted by Crippen LogP contribution is 2.36. The van der Waals surface area contributed by atoms with Gasteiger partial charge in [-0.1, -0.05) is 11.6 Å². The summed E-state index contributed by atoms with van der Waals surface area (Å²) in [5.41, 5.74) is 1.03. The molecule has 0 saturated carbocycles. The molecule has 1 aromatic rings. The molecule has 6 nitrogen and oxygen atoms in total. The summed E-state index contributed by atoms with van der Waals surface area (Å²) in [7, 11) is 2.89. The van der Waals surface area contributed by atoms with Crippen LogP contribution >= 0.6 is 0 Å². The molecule has 6 heteroatoms. The fourth-order valence-corrected chi connectivity index (χ4v) is 1.53. The smallest absolute Gasteiger partial charge is 0.336 e. The van der Waals surface area contributed by atoms with Crippen molar-refractivity contribution in [2.24, 2.45) is 0 Å². The summed E-state index contributed by atoms with van der Waals surface area (Å²) in [6.07, 6.45) is 3.74. The van der Waals surface area contributed by atoms with Gasteiger partial charge >= 0.3 is 11.9 Å². The fraction of sp³-hybridized carbons (Fsp3) is 0.294. The predicted molar refractivity (Wildman–Crippen MR) is 84.7 cm³/mol. The number of esters is 2. The number of hydrogen-bond donors (Lipinski definition) is 0. The average molecular weight is 320 g/mol. The van der Waals surface area contributed by atoms with Crippen LogP contribution in [0.2, 0.25) is 0 Å². The second-order valence-corrected chi connectivity index (χ2v) is 4.66. The van der Waals surface area contributed by atoms with Crippen LogP contribution in [0.4, 0.5) is 0 Å². The molecule has 0 amide bonds. The number of ether oxygens (including phenoxy) is 4. The standard InChI is InChI=1S/C17H20O6/c1-12(2)10-11-22-15(18)8-9-16(19)23-17-13(20-3)6-5-7-14(17)21-4/h5-10H,11H2,1-4H3/b9-8+. The Kier molecular flexibility index (Phi) is 7.39. The molecule has 0 atom stereocenters. The molecule has 0 aromatic heterocycles. The minimum absolute atomic E-state index is 0.144. The molecule has 0 unspecified atom stereocenters. The third-order valence-corrected chi connectivity index (χ3v) is 2.66. The van der Waals surface area contributed by atoms with E-state index in [4.69, 9.17) is 18.9 Å². The van der Waals surface area contributed by atoms with Crippen LogP contribution in [0, 0.1) is 0 Å². The van der Waals surface area contributed by atoms with Crippen molar-refractivity contribution in [2.45, 2.75) is 13.8 Å². The van der Waals surface area contributed by atoms with Crippen molar-refractivity contribution < 1.29 is 28.5 Å². The summed E-state index contributed by atoms with van der Waals surface area (Å²) in [6, 6.07) is 4.95. The zero-order chi connectivity index (χ0) is 17.2. The van der Waals surface area contributed by atoms with Gasteiger partial charge in [-0.3, -0.25) is 0 Å². The summed E-state index contributed by atoms with van der Waals surface area (Å²) in [6.45, 7) is 3.93. The Labute approximate surface area is 135 Å². The molecular formula is C17H20O6. The second kappa shape index (κ2) is 9.30. The molecule has 0 aliphatic heterocycles. The summed E-state index contributed by atoms with van der Waals surface area (Å²) >= 11 is 0. The Morgan fingerprint density at radius 3 is 2.09 bits per heavy atom. The number of methoxy groups -OCH3 is 2. The normalized spacial score (nSPS) is 10.1. The Bertz CT molecular complexity index is 589. The van der Waals surface area contributed by atoms with Crippen molar-refractivity contribution in [3.05, 3.63) is 42.0 Å². The Morgan fingerprint density at radius 1 is 1.00 bits per heavy atom. The van der Waals surface area contributed by atoms with Gasteiger partial charge in [-0.15, -0.1) is 0 Å². The number of benzene rings is 1. The summed E-state index contributed by atoms with van der Waals surface area (Å²) in [4.78, 5) is 23.2. The number of carbonyl (C=O) groups is 2. The minimum atomic E-state index is -0.744. The van der Waals surface area contributed by atoms with E-state index in [1.54, 1.807) is 24.3 Å². The highest BCUT2D eigenvalue weighted by molar-refractivity contribution is 5.93. The van der Waals surface area contributed by atoms with E-state index in [-0.39, 0.29) is 12.4 Å². The van der Waals surface area contributed by atoms with E-state index < -0.39 is 11.9 Å². The maximum Gasteiger partial charge on any atom is 0.336 e. The van der Waals surface area contributed by atoms with Gasteiger partial charge in [0.1, 0.15) is 6.61 Å². The molecule has 1 aromatic carbocycles. The average Bonchev–Trinajstić information content (AvgIpc) is 2.52. The first-order valence-electron chi connectivity index (χ1n) is 6.89. The molecule has 1 rings (SSSR count). The van der Waals surface area contributed by atoms with Crippen molar-refractivity contribution >= 4 is 11.9 Å². The predicted octanol–water partition coefficient (Wildman–Crippen LogP) is 2.67. The van der Waals surface area contributed by atoms with Crippen molar-refractivity contribution in [3.63, 3.8) is 0 Å². The van der Waals surface area contributed by atoms with Crippen molar-refractivity contribution in [2.75, 3.05) is 20.8 Å². The van der Waals surface area contributed by atoms with Gasteiger partial charge in [-0.25, -0.2) is 9.59 Å². The molecule has 0 saturated heterocycles. The molecule has 0 fully saturated rings. The Balaban J connectivity index is 2.68. The first-order chi connectivity index (χ1) is 11.0. The summed E-state index contributed by atoms with van der Waals surface area (Å²) in [5.74, 6) is -0.544. The van der Waals surface area contributed by atoms with Crippen molar-refractivity contribution in [3.8, 4) is 17.2 Å². The molecule has 0 aliphatic carbocycles. The highest BCUT2D eigenvalue weighted by atomic mass is 16.6. The summed E-state index contributed by atoms with van der Waals surface area (Å²) < 4.78 is 20.3. The van der Waals surface area contributed by atoms with E-state index in [0.29, 0.717) is 11.5 Å². The molecule has 0 spiro atoms. The number of rotatable bonds is 7. The number of carbonyl (C=O) groups excluding carboxylic acids is 2. The number of allylic oxidation sites excluding steroid dienone is 1. The SMILES string of the molecule is COc1cccc(OC)c1OC(=O)/C=C/C(=O)OCC=C(C)C. The van der Waals surface area contributed by atoms with Gasteiger partial charge in [0.05, 0.1) is 14.2 Å². The first kappa shape index (κ1) is 18.3. The molecule has 0 radical (unpaired) electrons. The van der Waals surface area contributed by atoms with Crippen molar-refractivity contribution in [1.82, 2.24) is 0 Å². The van der Waals surface area contributed by atoms with Crippen LogP contribution in [0.1, 0.15) is 13.8 Å². The van der Waals surface area contributed by atoms with Crippen LogP contribution in [0.15, 0.2) is 42.0 Å². The molecule has 0 aliphatic rings. The molecule has 0 bridgehead atoms. The van der Waals surface area contributed by atoms with Crippen LogP contribution in [-0.2, 0) is 14.3 Å². The van der Waals surface area contributed by atoms with Gasteiger partial charge in [-0.2, -0.15) is 0 Å². The van der Waals surface area contributed by atoms with Gasteiger partial charge in [0.2, 0.25) is 5.75 Å². The maximum absolute atomic E-state index is 11.8. The van der Waals surface area contributed by atoms with Gasteiger partial charge in [0, 0.05) is 12.2 Å². The molecular weight excluding hydrogens is 300 g/mol. The molecule has 0 N–H and O–H groups in total. The minimum Gasteiger partial charge on any atom is -0.493 e. The highest BCUT2D eigenvalue weighted by Gasteiger charge is 2.14. The van der Waals surface area contributed by atoms with Crippen LogP contribution in [0.3, 0.4) is 0 Å². The number of para-hydroxylation sites is 1. The Morgan fingerprint density at radius 2 is 1.57 bits per heavy atom. The fourth-order valence-electron chi connectivity index (χ4n) is 1.53. The lowest BCUT2D eigenvalue weighted by Gasteiger charge is -2.11. The van der Waals surface area contributed by atoms with Gasteiger partial charge in [0.25, 0.3) is 0 Å². The lowest BCUT2D eigenvalue weighted by molar-refractivity contribution is -0.137. The van der Waals surface area contributed by atoms with E-state index in [1.807, 2.05) is 13.8 Å². The van der Waals surface area contributed by atoms with Crippen LogP contribution in [0.25, 0.3) is 0 Å². The van der Waals surface area contributed by atoms with E-state index in [2.05, 4.69) is 0 Å². The monoisotopic (exact) mass is 320 g/mol. The third-order valence-electron chi connectivity index (χ3n) is 2.66. The van der Waals surface area contributed by atoms with Gasteiger partial charge < -0.3 is 18.9 Å². The van der Waals surface area contributed by atoms with Crippen LogP contribution in [-0.4, -0.2) is 32.8 Å². The van der Waals surface area contributed by atoms with Crippen LogP contribution in [0.5, 0.6) is 17.2 Å². The topological polar surface area (TPSA) is 71.1 Å². The molecule has 23 heavy (non-hydrogen) atoms. The zero-order valence-electron chi connectivity index (χ0n) is 13.6. The molecule has 0 heterocycles. The Hall–Kier alpha value is -2.76. The van der Waals surface area contributed by atoms with E-state index >= 15 is 0 Å². The second-order valence-electron chi connectivity index (χ2n) is 4.66. The quantitative estimate of drug-likeness (QED) is 0.333. The largest absolute Gasteiger partial charge is 0.493 e. The number of hydrogen-bond acceptors (Lipinski definition) is 6. The van der Waals surface area contributed by atoms with Gasteiger partial charge in [0.15, 0.2) is 11.5 Å². The maximum atomic E-state index is 11.8. The lowest BCUT2D eigenvalue weighted by atomic mass is 10.3. The van der Waals surface area contributed by atoms with Crippen molar-refractivity contribution in [1.29, 1.82) is 0 Å². The zero-order valence-corrected chi connectivity index (χ0v) is 13.6. The summed E-state index contributed by atoms with van der Waals surface area (Å²) in [5, 5.41) is 0. The van der Waals surface area contributed by atoms with E-state index in [9.17, 15) is 9.59 Å². The van der Waals surface area contributed by atoms with E-state index in [1.165, 1.54) is 14.2 Å².